The van der Waals surface area contributed by atoms with Crippen molar-refractivity contribution in [2.75, 3.05) is 0 Å². The minimum atomic E-state index is -1.20. The molecule has 1 unspecified atom stereocenters. The Hall–Kier alpha value is -3.23. The summed E-state index contributed by atoms with van der Waals surface area (Å²) in [6, 6.07) is 4.90. The number of carbonyl (C=O) groups excluding carboxylic acids is 5. The minimum absolute atomic E-state index is 0.0908. The van der Waals surface area contributed by atoms with Gasteiger partial charge in [-0.25, -0.2) is 4.79 Å². The number of nitrogens with one attached hydrogen (secondary N) is 1. The van der Waals surface area contributed by atoms with Gasteiger partial charge in [0.2, 0.25) is 11.8 Å². The fraction of sp³-hybridized carbons (Fsp3) is 0.476. The van der Waals surface area contributed by atoms with Gasteiger partial charge in [-0.05, 0) is 30.9 Å². The quantitative estimate of drug-likeness (QED) is 0.586. The molecule has 1 aromatic rings. The van der Waals surface area contributed by atoms with Gasteiger partial charge in [0, 0.05) is 12.8 Å². The van der Waals surface area contributed by atoms with Crippen LogP contribution >= 0.6 is 0 Å². The van der Waals surface area contributed by atoms with Gasteiger partial charge in [-0.2, -0.15) is 0 Å². The van der Waals surface area contributed by atoms with Crippen molar-refractivity contribution in [1.82, 2.24) is 10.4 Å². The lowest BCUT2D eigenvalue weighted by Gasteiger charge is -2.20. The number of hydroxylamine groups is 2. The predicted octanol–water partition coefficient (Wildman–Crippen LogP) is 1.46. The van der Waals surface area contributed by atoms with Crippen LogP contribution in [0, 0.1) is 5.92 Å². The van der Waals surface area contributed by atoms with Gasteiger partial charge in [0.15, 0.2) is 0 Å². The van der Waals surface area contributed by atoms with Gasteiger partial charge in [0.05, 0.1) is 11.1 Å². The van der Waals surface area contributed by atoms with Crippen LogP contribution in [0.25, 0.3) is 0 Å². The molecule has 1 aromatic carbocycles. The molecule has 9 heteroatoms. The molecule has 1 saturated carbocycles. The minimum Gasteiger partial charge on any atom is -0.370 e. The zero-order valence-corrected chi connectivity index (χ0v) is 16.6. The van der Waals surface area contributed by atoms with Crippen LogP contribution in [0.2, 0.25) is 0 Å². The molecule has 1 aliphatic heterocycles. The van der Waals surface area contributed by atoms with E-state index in [1.165, 1.54) is 25.0 Å². The first-order valence-electron chi connectivity index (χ1n) is 10.1. The highest BCUT2D eigenvalue weighted by Gasteiger charge is 2.40. The molecule has 3 rings (SSSR count). The molecule has 3 N–H and O–H groups in total. The maximum absolute atomic E-state index is 12.6. The van der Waals surface area contributed by atoms with Crippen LogP contribution in [-0.4, -0.2) is 40.7 Å². The van der Waals surface area contributed by atoms with E-state index in [4.69, 9.17) is 10.6 Å². The topological polar surface area (TPSA) is 136 Å². The molecule has 160 valence electrons. The molecule has 0 aromatic heterocycles. The molecule has 9 nitrogen and oxygen atoms in total. The Morgan fingerprint density at radius 1 is 1.07 bits per heavy atom. The molecule has 2 aliphatic rings. The van der Waals surface area contributed by atoms with Crippen molar-refractivity contribution in [3.05, 3.63) is 35.4 Å². The first-order chi connectivity index (χ1) is 14.4. The molecule has 1 heterocycles. The number of imide groups is 1. The lowest BCUT2D eigenvalue weighted by atomic mass is 10.0. The van der Waals surface area contributed by atoms with Crippen molar-refractivity contribution in [3.8, 4) is 0 Å². The zero-order valence-electron chi connectivity index (χ0n) is 16.6. The van der Waals surface area contributed by atoms with Gasteiger partial charge in [-0.3, -0.25) is 19.2 Å². The number of nitrogens with two attached hydrogens (primary N) is 1. The Bertz CT molecular complexity index is 827. The molecule has 0 saturated heterocycles. The molecular weight excluding hydrogens is 390 g/mol. The third kappa shape index (κ3) is 5.03. The lowest BCUT2D eigenvalue weighted by Crippen LogP contribution is -2.46. The largest absolute Gasteiger partial charge is 0.370 e. The summed E-state index contributed by atoms with van der Waals surface area (Å²) in [6.07, 6.45) is 5.25. The average molecular weight is 415 g/mol. The second kappa shape index (κ2) is 9.51. The van der Waals surface area contributed by atoms with Crippen LogP contribution in [0.5, 0.6) is 0 Å². The molecule has 30 heavy (non-hydrogen) atoms. The first-order valence-corrected chi connectivity index (χ1v) is 10.1. The normalized spacial score (nSPS) is 17.0. The standard InChI is InChI=1S/C21H25N3O6/c22-17(25)11-10-16(23-18(26)12-9-13-5-1-2-6-13)21(29)30-24-19(27)14-7-3-4-8-15(14)20(24)28/h3-4,7-8,13,16H,1-2,5-6,9-12H2,(H2,22,25)(H,23,26). The Kier molecular flexibility index (Phi) is 6.81. The second-order valence-corrected chi connectivity index (χ2v) is 7.67. The van der Waals surface area contributed by atoms with Crippen LogP contribution < -0.4 is 11.1 Å². The van der Waals surface area contributed by atoms with Crippen molar-refractivity contribution >= 4 is 29.6 Å². The summed E-state index contributed by atoms with van der Waals surface area (Å²) in [4.78, 5) is 65.8. The number of nitrogens with zero attached hydrogens (tertiary/aromatic N) is 1. The summed E-state index contributed by atoms with van der Waals surface area (Å²) in [6.45, 7) is 0. The Morgan fingerprint density at radius 2 is 1.67 bits per heavy atom. The zero-order chi connectivity index (χ0) is 21.7. The number of carbonyl (C=O) groups is 5. The van der Waals surface area contributed by atoms with Crippen LogP contribution in [0.3, 0.4) is 0 Å². The highest BCUT2D eigenvalue weighted by Crippen LogP contribution is 2.28. The molecule has 0 bridgehead atoms. The fourth-order valence-corrected chi connectivity index (χ4v) is 3.84. The van der Waals surface area contributed by atoms with Crippen LogP contribution in [-0.2, 0) is 19.2 Å². The number of hydrogen-bond acceptors (Lipinski definition) is 6. The monoisotopic (exact) mass is 415 g/mol. The Balaban J connectivity index is 1.62. The number of benzene rings is 1. The Labute approximate surface area is 173 Å². The van der Waals surface area contributed by atoms with E-state index in [1.54, 1.807) is 12.1 Å². The summed E-state index contributed by atoms with van der Waals surface area (Å²) in [5, 5.41) is 2.93. The second-order valence-electron chi connectivity index (χ2n) is 7.67. The molecule has 0 spiro atoms. The van der Waals surface area contributed by atoms with E-state index in [-0.39, 0.29) is 36.3 Å². The average Bonchev–Trinajstić information content (AvgIpc) is 3.33. The number of fused-ring (bicyclic) bond motifs is 1. The van der Waals surface area contributed by atoms with Crippen molar-refractivity contribution in [2.45, 2.75) is 57.4 Å². The number of amides is 4. The third-order valence-electron chi connectivity index (χ3n) is 5.49. The SMILES string of the molecule is NC(=O)CCC(NC(=O)CCC1CCCC1)C(=O)ON1C(=O)c2ccccc2C1=O. The number of hydrogen-bond donors (Lipinski definition) is 2. The van der Waals surface area contributed by atoms with Crippen molar-refractivity contribution in [2.24, 2.45) is 11.7 Å². The maximum Gasteiger partial charge on any atom is 0.355 e. The van der Waals surface area contributed by atoms with Gasteiger partial charge in [-0.15, -0.1) is 0 Å². The predicted molar refractivity (Wildman–Crippen MR) is 105 cm³/mol. The van der Waals surface area contributed by atoms with Gasteiger partial charge in [0.25, 0.3) is 11.8 Å². The summed E-state index contributed by atoms with van der Waals surface area (Å²) < 4.78 is 0. The molecule has 1 fully saturated rings. The van der Waals surface area contributed by atoms with Crippen LogP contribution in [0.4, 0.5) is 0 Å². The number of primary amides is 1. The third-order valence-corrected chi connectivity index (χ3v) is 5.49. The lowest BCUT2D eigenvalue weighted by molar-refractivity contribution is -0.172. The molecular formula is C21H25N3O6. The molecule has 4 amide bonds. The molecule has 1 atom stereocenters. The van der Waals surface area contributed by atoms with E-state index < -0.39 is 29.7 Å². The van der Waals surface area contributed by atoms with Crippen molar-refractivity contribution in [3.63, 3.8) is 0 Å². The summed E-state index contributed by atoms with van der Waals surface area (Å²) >= 11 is 0. The number of rotatable bonds is 9. The van der Waals surface area contributed by atoms with Gasteiger partial charge < -0.3 is 15.9 Å². The molecule has 1 aliphatic carbocycles. The van der Waals surface area contributed by atoms with Crippen molar-refractivity contribution in [1.29, 1.82) is 0 Å². The summed E-state index contributed by atoms with van der Waals surface area (Å²) in [5.41, 5.74) is 5.41. The van der Waals surface area contributed by atoms with Gasteiger partial charge >= 0.3 is 5.97 Å². The van der Waals surface area contributed by atoms with Crippen molar-refractivity contribution < 1.29 is 28.8 Å². The summed E-state index contributed by atoms with van der Waals surface area (Å²) in [5.74, 6) is -3.01. The maximum atomic E-state index is 12.6. The van der Waals surface area contributed by atoms with E-state index in [0.29, 0.717) is 11.0 Å². The van der Waals surface area contributed by atoms with E-state index in [9.17, 15) is 24.0 Å². The highest BCUT2D eigenvalue weighted by atomic mass is 16.7. The van der Waals surface area contributed by atoms with E-state index in [1.807, 2.05) is 0 Å². The van der Waals surface area contributed by atoms with Crippen LogP contribution in [0.1, 0.15) is 72.1 Å². The van der Waals surface area contributed by atoms with E-state index in [0.717, 1.165) is 19.3 Å². The van der Waals surface area contributed by atoms with E-state index in [2.05, 4.69) is 5.32 Å². The first kappa shape index (κ1) is 21.5. The van der Waals surface area contributed by atoms with Crippen LogP contribution in [0.15, 0.2) is 24.3 Å². The Morgan fingerprint density at radius 3 is 2.23 bits per heavy atom. The van der Waals surface area contributed by atoms with Gasteiger partial charge in [-0.1, -0.05) is 42.9 Å². The van der Waals surface area contributed by atoms with Gasteiger partial charge in [0.1, 0.15) is 6.04 Å². The summed E-state index contributed by atoms with van der Waals surface area (Å²) in [7, 11) is 0. The smallest absolute Gasteiger partial charge is 0.355 e. The fourth-order valence-electron chi connectivity index (χ4n) is 3.84. The highest BCUT2D eigenvalue weighted by molar-refractivity contribution is 6.20. The van der Waals surface area contributed by atoms with E-state index >= 15 is 0 Å². The molecule has 0 radical (unpaired) electrons.